The number of nitrogens with one attached hydrogen (secondary N) is 1. The molecule has 2 aromatic heterocycles. The van der Waals surface area contributed by atoms with Crippen LogP contribution in [-0.4, -0.2) is 9.38 Å². The number of nitrogens with zero attached hydrogens (tertiary/aromatic N) is 3. The van der Waals surface area contributed by atoms with Crippen molar-refractivity contribution in [1.82, 2.24) is 9.38 Å². The highest BCUT2D eigenvalue weighted by atomic mass is 16.1. The second-order valence-electron chi connectivity index (χ2n) is 6.25. The monoisotopic (exact) mass is 340 g/mol. The Bertz CT molecular complexity index is 1300. The van der Waals surface area contributed by atoms with Gasteiger partial charge in [-0.3, -0.25) is 9.20 Å². The maximum absolute atomic E-state index is 13.1. The molecule has 5 heteroatoms. The summed E-state index contributed by atoms with van der Waals surface area (Å²) >= 11 is 0. The molecule has 0 saturated heterocycles. The third kappa shape index (κ3) is 2.40. The summed E-state index contributed by atoms with van der Waals surface area (Å²) in [6.07, 6.45) is 1.66. The van der Waals surface area contributed by atoms with Gasteiger partial charge in [-0.05, 0) is 49.2 Å². The largest absolute Gasteiger partial charge is 0.361 e. The topological polar surface area (TPSA) is 70.2 Å². The first-order valence-electron chi connectivity index (χ1n) is 8.27. The van der Waals surface area contributed by atoms with Crippen LogP contribution in [-0.2, 0) is 0 Å². The zero-order chi connectivity index (χ0) is 18.3. The average Bonchev–Trinajstić information content (AvgIpc) is 3.01. The lowest BCUT2D eigenvalue weighted by molar-refractivity contribution is 1.10. The summed E-state index contributed by atoms with van der Waals surface area (Å²) in [7, 11) is 0. The van der Waals surface area contributed by atoms with Crippen LogP contribution in [0.3, 0.4) is 0 Å². The number of imidazole rings is 1. The summed E-state index contributed by atoms with van der Waals surface area (Å²) in [5.74, 6) is 0. The number of aryl methyl sites for hydroxylation is 1. The maximum Gasteiger partial charge on any atom is 0.265 e. The van der Waals surface area contributed by atoms with Gasteiger partial charge in [-0.15, -0.1) is 0 Å². The zero-order valence-electron chi connectivity index (χ0n) is 14.4. The van der Waals surface area contributed by atoms with Gasteiger partial charge >= 0.3 is 0 Å². The molecule has 4 rings (SSSR count). The van der Waals surface area contributed by atoms with E-state index in [1.165, 1.54) is 4.40 Å². The molecule has 0 fully saturated rings. The molecule has 2 heterocycles. The molecule has 126 valence electrons. The molecule has 4 aromatic rings. The minimum absolute atomic E-state index is 0.189. The fraction of sp³-hybridized carbons (Fsp3) is 0.0952. The Balaban J connectivity index is 2.07. The van der Waals surface area contributed by atoms with Crippen LogP contribution in [0.1, 0.15) is 16.7 Å². The molecule has 2 aromatic carbocycles. The molecule has 0 bridgehead atoms. The van der Waals surface area contributed by atoms with Crippen molar-refractivity contribution in [3.63, 3.8) is 0 Å². The first-order valence-corrected chi connectivity index (χ1v) is 8.27. The van der Waals surface area contributed by atoms with Crippen molar-refractivity contribution in [1.29, 1.82) is 5.26 Å². The SMILES string of the molecule is Cc1ccc2c(c1)nc1c(C#N)c(C)/c(=C/Nc3ccccc3)c(=O)n12. The van der Waals surface area contributed by atoms with Gasteiger partial charge in [0.2, 0.25) is 0 Å². The molecule has 5 nitrogen and oxygen atoms in total. The molecular weight excluding hydrogens is 324 g/mol. The molecule has 0 aliphatic heterocycles. The highest BCUT2D eigenvalue weighted by molar-refractivity contribution is 5.83. The van der Waals surface area contributed by atoms with Crippen molar-refractivity contribution in [2.24, 2.45) is 0 Å². The Kier molecular flexibility index (Phi) is 3.67. The first-order chi connectivity index (χ1) is 12.6. The van der Waals surface area contributed by atoms with E-state index in [1.54, 1.807) is 13.1 Å². The number of aromatic nitrogens is 2. The molecule has 1 N–H and O–H groups in total. The van der Waals surface area contributed by atoms with Crippen LogP contribution < -0.4 is 16.1 Å². The molecule has 0 unspecified atom stereocenters. The van der Waals surface area contributed by atoms with E-state index in [0.717, 1.165) is 11.3 Å². The normalized spacial score (nSPS) is 11.8. The quantitative estimate of drug-likeness (QED) is 0.609. The number of hydrogen-bond donors (Lipinski definition) is 1. The number of benzene rings is 2. The molecule has 0 atom stereocenters. The van der Waals surface area contributed by atoms with E-state index in [-0.39, 0.29) is 5.56 Å². The zero-order valence-corrected chi connectivity index (χ0v) is 14.4. The Labute approximate surface area is 149 Å². The van der Waals surface area contributed by atoms with Gasteiger partial charge in [0.05, 0.1) is 21.8 Å². The van der Waals surface area contributed by atoms with Crippen molar-refractivity contribution in [3.05, 3.63) is 80.8 Å². The van der Waals surface area contributed by atoms with Crippen LogP contribution in [0.25, 0.3) is 22.9 Å². The van der Waals surface area contributed by atoms with Gasteiger partial charge in [0.25, 0.3) is 5.56 Å². The van der Waals surface area contributed by atoms with E-state index in [0.29, 0.717) is 33.0 Å². The Morgan fingerprint density at radius 2 is 1.92 bits per heavy atom. The third-order valence-corrected chi connectivity index (χ3v) is 4.51. The van der Waals surface area contributed by atoms with Gasteiger partial charge in [-0.1, -0.05) is 24.3 Å². The van der Waals surface area contributed by atoms with Crippen molar-refractivity contribution in [2.45, 2.75) is 13.8 Å². The van der Waals surface area contributed by atoms with Crippen molar-refractivity contribution < 1.29 is 0 Å². The van der Waals surface area contributed by atoms with Crippen molar-refractivity contribution in [3.8, 4) is 6.07 Å². The van der Waals surface area contributed by atoms with Crippen molar-refractivity contribution >= 4 is 28.6 Å². The van der Waals surface area contributed by atoms with Crippen LogP contribution in [0.2, 0.25) is 0 Å². The Hall–Kier alpha value is -3.65. The van der Waals surface area contributed by atoms with Gasteiger partial charge in [0.1, 0.15) is 6.07 Å². The van der Waals surface area contributed by atoms with E-state index in [9.17, 15) is 10.1 Å². The lowest BCUT2D eigenvalue weighted by Gasteiger charge is -2.04. The molecule has 0 amide bonds. The lowest BCUT2D eigenvalue weighted by Crippen LogP contribution is -2.34. The summed E-state index contributed by atoms with van der Waals surface area (Å²) in [5, 5.41) is 13.3. The average molecular weight is 340 g/mol. The highest BCUT2D eigenvalue weighted by Gasteiger charge is 2.16. The molecule has 0 radical (unpaired) electrons. The minimum Gasteiger partial charge on any atom is -0.361 e. The smallest absolute Gasteiger partial charge is 0.265 e. The van der Waals surface area contributed by atoms with Gasteiger partial charge in [0, 0.05) is 11.9 Å². The van der Waals surface area contributed by atoms with E-state index in [2.05, 4.69) is 16.4 Å². The van der Waals surface area contributed by atoms with Crippen LogP contribution in [0.4, 0.5) is 5.69 Å². The summed E-state index contributed by atoms with van der Waals surface area (Å²) in [6.45, 7) is 3.75. The molecule has 26 heavy (non-hydrogen) atoms. The number of pyridine rings is 1. The fourth-order valence-electron chi connectivity index (χ4n) is 3.14. The highest BCUT2D eigenvalue weighted by Crippen LogP contribution is 2.19. The number of hydrogen-bond acceptors (Lipinski definition) is 4. The fourth-order valence-corrected chi connectivity index (χ4v) is 3.14. The summed E-state index contributed by atoms with van der Waals surface area (Å²) in [6, 6.07) is 17.5. The Morgan fingerprint density at radius 3 is 2.65 bits per heavy atom. The van der Waals surface area contributed by atoms with Crippen LogP contribution in [0, 0.1) is 25.2 Å². The van der Waals surface area contributed by atoms with E-state index < -0.39 is 0 Å². The van der Waals surface area contributed by atoms with E-state index in [4.69, 9.17) is 0 Å². The van der Waals surface area contributed by atoms with Gasteiger partial charge < -0.3 is 5.32 Å². The molecule has 0 aliphatic rings. The predicted octanol–water partition coefficient (Wildman–Crippen LogP) is 2.91. The molecule has 0 saturated carbocycles. The summed E-state index contributed by atoms with van der Waals surface area (Å²) in [5.41, 5.74) is 4.61. The molecular formula is C21H16N4O. The van der Waals surface area contributed by atoms with Gasteiger partial charge in [0.15, 0.2) is 5.65 Å². The summed E-state index contributed by atoms with van der Waals surface area (Å²) < 4.78 is 1.53. The van der Waals surface area contributed by atoms with Gasteiger partial charge in [-0.25, -0.2) is 4.98 Å². The number of para-hydroxylation sites is 1. The lowest BCUT2D eigenvalue weighted by atomic mass is 10.1. The maximum atomic E-state index is 13.1. The Morgan fingerprint density at radius 1 is 1.15 bits per heavy atom. The van der Waals surface area contributed by atoms with Crippen molar-refractivity contribution in [2.75, 3.05) is 5.32 Å². The van der Waals surface area contributed by atoms with E-state index in [1.807, 2.05) is 55.5 Å². The molecule has 0 aliphatic carbocycles. The third-order valence-electron chi connectivity index (χ3n) is 4.51. The molecule has 0 spiro atoms. The summed E-state index contributed by atoms with van der Waals surface area (Å²) in [4.78, 5) is 17.7. The number of rotatable bonds is 2. The van der Waals surface area contributed by atoms with Gasteiger partial charge in [-0.2, -0.15) is 5.26 Å². The predicted molar refractivity (Wildman–Crippen MR) is 103 cm³/mol. The first kappa shape index (κ1) is 15.9. The minimum atomic E-state index is -0.189. The second kappa shape index (κ2) is 6.01. The van der Waals surface area contributed by atoms with Crippen LogP contribution in [0.15, 0.2) is 53.3 Å². The number of anilines is 1. The second-order valence-corrected chi connectivity index (χ2v) is 6.25. The number of fused-ring (bicyclic) bond motifs is 3. The van der Waals surface area contributed by atoms with Crippen LogP contribution >= 0.6 is 0 Å². The van der Waals surface area contributed by atoms with E-state index >= 15 is 0 Å². The standard InChI is InChI=1S/C21H16N4O/c1-13-8-9-19-18(10-13)24-20-16(11-22)14(2)17(21(26)25(19)20)12-23-15-6-4-3-5-7-15/h3-10,12,23H,1-2H3/b17-12-. The number of nitriles is 1. The van der Waals surface area contributed by atoms with Crippen LogP contribution in [0.5, 0.6) is 0 Å².